The Kier molecular flexibility index (Phi) is 4.81. The Bertz CT molecular complexity index is 629. The standard InChI is InChI=1S/C16H18ClN3O/c1-11(12-5-4-8-18-10-12)19-13-6-7-15(17)14(9-13)16(21)20(2)3/h4-11,19H,1-3H3. The molecule has 0 spiro atoms. The van der Waals surface area contributed by atoms with Crippen molar-refractivity contribution in [3.05, 3.63) is 58.9 Å². The monoisotopic (exact) mass is 303 g/mol. The zero-order chi connectivity index (χ0) is 15.4. The van der Waals surface area contributed by atoms with Crippen molar-refractivity contribution < 1.29 is 4.79 Å². The quantitative estimate of drug-likeness (QED) is 0.938. The fourth-order valence-electron chi connectivity index (χ4n) is 1.99. The molecule has 1 aromatic carbocycles. The first-order chi connectivity index (χ1) is 9.99. The van der Waals surface area contributed by atoms with Gasteiger partial charge in [-0.1, -0.05) is 17.7 Å². The lowest BCUT2D eigenvalue weighted by Gasteiger charge is -2.17. The molecule has 1 amide bonds. The number of pyridine rings is 1. The Hall–Kier alpha value is -2.07. The van der Waals surface area contributed by atoms with Gasteiger partial charge in [-0.25, -0.2) is 0 Å². The van der Waals surface area contributed by atoms with Crippen LogP contribution in [0.5, 0.6) is 0 Å². The topological polar surface area (TPSA) is 45.2 Å². The number of nitrogens with one attached hydrogen (secondary N) is 1. The van der Waals surface area contributed by atoms with Crippen LogP contribution in [0.1, 0.15) is 28.9 Å². The maximum atomic E-state index is 12.1. The molecule has 0 saturated heterocycles. The lowest BCUT2D eigenvalue weighted by atomic mass is 10.1. The summed E-state index contributed by atoms with van der Waals surface area (Å²) in [6, 6.07) is 9.36. The summed E-state index contributed by atoms with van der Waals surface area (Å²) in [6.45, 7) is 2.04. The van der Waals surface area contributed by atoms with Gasteiger partial charge in [0.1, 0.15) is 0 Å². The van der Waals surface area contributed by atoms with Crippen molar-refractivity contribution in [1.29, 1.82) is 0 Å². The van der Waals surface area contributed by atoms with E-state index in [-0.39, 0.29) is 11.9 Å². The van der Waals surface area contributed by atoms with Gasteiger partial charge in [-0.3, -0.25) is 9.78 Å². The van der Waals surface area contributed by atoms with Gasteiger partial charge in [0.15, 0.2) is 0 Å². The number of aromatic nitrogens is 1. The second kappa shape index (κ2) is 6.59. The average molecular weight is 304 g/mol. The van der Waals surface area contributed by atoms with Gasteiger partial charge in [0.2, 0.25) is 0 Å². The van der Waals surface area contributed by atoms with Crippen LogP contribution in [0.15, 0.2) is 42.7 Å². The summed E-state index contributed by atoms with van der Waals surface area (Å²) in [5, 5.41) is 3.80. The summed E-state index contributed by atoms with van der Waals surface area (Å²) in [4.78, 5) is 17.7. The van der Waals surface area contributed by atoms with E-state index in [0.717, 1.165) is 11.3 Å². The molecule has 21 heavy (non-hydrogen) atoms. The second-order valence-corrected chi connectivity index (χ2v) is 5.45. The normalized spacial score (nSPS) is 11.8. The molecule has 1 atom stereocenters. The predicted molar refractivity (Wildman–Crippen MR) is 85.7 cm³/mol. The number of benzene rings is 1. The molecule has 2 rings (SSSR count). The van der Waals surface area contributed by atoms with Gasteiger partial charge in [0.05, 0.1) is 16.6 Å². The fourth-order valence-corrected chi connectivity index (χ4v) is 2.18. The molecule has 1 N–H and O–H groups in total. The highest BCUT2D eigenvalue weighted by atomic mass is 35.5. The molecule has 0 radical (unpaired) electrons. The van der Waals surface area contributed by atoms with E-state index in [1.165, 1.54) is 4.90 Å². The van der Waals surface area contributed by atoms with Crippen molar-refractivity contribution in [3.8, 4) is 0 Å². The summed E-state index contributed by atoms with van der Waals surface area (Å²) >= 11 is 6.10. The molecule has 4 nitrogen and oxygen atoms in total. The molecule has 1 unspecified atom stereocenters. The summed E-state index contributed by atoms with van der Waals surface area (Å²) in [6.07, 6.45) is 3.56. The summed E-state index contributed by atoms with van der Waals surface area (Å²) in [7, 11) is 3.41. The number of rotatable bonds is 4. The van der Waals surface area contributed by atoms with Gasteiger partial charge >= 0.3 is 0 Å². The molecule has 0 saturated carbocycles. The van der Waals surface area contributed by atoms with Crippen molar-refractivity contribution in [2.24, 2.45) is 0 Å². The summed E-state index contributed by atoms with van der Waals surface area (Å²) in [5.41, 5.74) is 2.42. The van der Waals surface area contributed by atoms with Crippen LogP contribution in [0.4, 0.5) is 5.69 Å². The number of hydrogen-bond acceptors (Lipinski definition) is 3. The van der Waals surface area contributed by atoms with E-state index < -0.39 is 0 Å². The minimum absolute atomic E-state index is 0.0854. The highest BCUT2D eigenvalue weighted by Crippen LogP contribution is 2.24. The predicted octanol–water partition coefficient (Wildman–Crippen LogP) is 3.61. The molecule has 110 valence electrons. The Labute approximate surface area is 129 Å². The molecular formula is C16H18ClN3O. The highest BCUT2D eigenvalue weighted by molar-refractivity contribution is 6.34. The first kappa shape index (κ1) is 15.3. The van der Waals surface area contributed by atoms with Crippen LogP contribution in [0.25, 0.3) is 0 Å². The first-order valence-electron chi connectivity index (χ1n) is 6.66. The Morgan fingerprint density at radius 2 is 2.10 bits per heavy atom. The molecule has 0 aliphatic rings. The van der Waals surface area contributed by atoms with E-state index in [0.29, 0.717) is 10.6 Å². The third-order valence-electron chi connectivity index (χ3n) is 3.17. The maximum Gasteiger partial charge on any atom is 0.254 e. The van der Waals surface area contributed by atoms with Crippen LogP contribution in [0.3, 0.4) is 0 Å². The number of carbonyl (C=O) groups excluding carboxylic acids is 1. The molecule has 0 bridgehead atoms. The van der Waals surface area contributed by atoms with Crippen LogP contribution < -0.4 is 5.32 Å². The van der Waals surface area contributed by atoms with E-state index >= 15 is 0 Å². The van der Waals surface area contributed by atoms with Crippen molar-refractivity contribution >= 4 is 23.2 Å². The minimum atomic E-state index is -0.113. The molecule has 0 aliphatic heterocycles. The zero-order valence-corrected chi connectivity index (χ0v) is 13.1. The van der Waals surface area contributed by atoms with Gasteiger partial charge < -0.3 is 10.2 Å². The van der Waals surface area contributed by atoms with Gasteiger partial charge in [0.25, 0.3) is 5.91 Å². The number of carbonyl (C=O) groups is 1. The number of amides is 1. The van der Waals surface area contributed by atoms with Crippen molar-refractivity contribution in [2.45, 2.75) is 13.0 Å². The molecule has 1 heterocycles. The van der Waals surface area contributed by atoms with Gasteiger partial charge in [-0.2, -0.15) is 0 Å². The fraction of sp³-hybridized carbons (Fsp3) is 0.250. The van der Waals surface area contributed by atoms with Crippen LogP contribution in [-0.4, -0.2) is 29.9 Å². The van der Waals surface area contributed by atoms with Crippen LogP contribution in [0.2, 0.25) is 5.02 Å². The third kappa shape index (κ3) is 3.73. The Balaban J connectivity index is 2.22. The lowest BCUT2D eigenvalue weighted by molar-refractivity contribution is 0.0828. The van der Waals surface area contributed by atoms with E-state index in [4.69, 9.17) is 11.6 Å². The summed E-state index contributed by atoms with van der Waals surface area (Å²) < 4.78 is 0. The highest BCUT2D eigenvalue weighted by Gasteiger charge is 2.14. The second-order valence-electron chi connectivity index (χ2n) is 5.05. The minimum Gasteiger partial charge on any atom is -0.378 e. The largest absolute Gasteiger partial charge is 0.378 e. The van der Waals surface area contributed by atoms with Gasteiger partial charge in [-0.15, -0.1) is 0 Å². The van der Waals surface area contributed by atoms with Crippen molar-refractivity contribution in [3.63, 3.8) is 0 Å². The smallest absolute Gasteiger partial charge is 0.254 e. The zero-order valence-electron chi connectivity index (χ0n) is 12.3. The molecule has 0 fully saturated rings. The molecule has 2 aromatic rings. The first-order valence-corrected chi connectivity index (χ1v) is 7.04. The van der Waals surface area contributed by atoms with Gasteiger partial charge in [0, 0.05) is 32.2 Å². The van der Waals surface area contributed by atoms with E-state index in [9.17, 15) is 4.79 Å². The molecular weight excluding hydrogens is 286 g/mol. The number of anilines is 1. The average Bonchev–Trinajstić information content (AvgIpc) is 2.49. The Morgan fingerprint density at radius 1 is 1.33 bits per heavy atom. The molecule has 5 heteroatoms. The van der Waals surface area contributed by atoms with Crippen molar-refractivity contribution in [1.82, 2.24) is 9.88 Å². The SMILES string of the molecule is CC(Nc1ccc(Cl)c(C(=O)N(C)C)c1)c1cccnc1. The Morgan fingerprint density at radius 3 is 2.71 bits per heavy atom. The van der Waals surface area contributed by atoms with Crippen LogP contribution in [0, 0.1) is 0 Å². The van der Waals surface area contributed by atoms with E-state index in [1.54, 1.807) is 32.4 Å². The lowest BCUT2D eigenvalue weighted by Crippen LogP contribution is -2.22. The van der Waals surface area contributed by atoms with Crippen LogP contribution in [-0.2, 0) is 0 Å². The third-order valence-corrected chi connectivity index (χ3v) is 3.50. The van der Waals surface area contributed by atoms with Crippen LogP contribution >= 0.6 is 11.6 Å². The molecule has 0 aliphatic carbocycles. The number of halogens is 1. The number of hydrogen-bond donors (Lipinski definition) is 1. The number of nitrogens with zero attached hydrogens (tertiary/aromatic N) is 2. The van der Waals surface area contributed by atoms with Gasteiger partial charge in [-0.05, 0) is 36.8 Å². The maximum absolute atomic E-state index is 12.1. The van der Waals surface area contributed by atoms with E-state index in [1.807, 2.05) is 31.3 Å². The summed E-state index contributed by atoms with van der Waals surface area (Å²) in [5.74, 6) is -0.113. The van der Waals surface area contributed by atoms with Crippen molar-refractivity contribution in [2.75, 3.05) is 19.4 Å². The van der Waals surface area contributed by atoms with E-state index in [2.05, 4.69) is 10.3 Å². The molecule has 1 aromatic heterocycles.